The van der Waals surface area contributed by atoms with Crippen LogP contribution in [0.1, 0.15) is 11.1 Å². The summed E-state index contributed by atoms with van der Waals surface area (Å²) in [6.45, 7) is 0.420. The molecular weight excluding hydrogens is 375 g/mol. The number of fused-ring (bicyclic) bond motifs is 3. The van der Waals surface area contributed by atoms with E-state index >= 15 is 0 Å². The number of aliphatic imine (C=N–C) groups is 1. The third-order valence-corrected chi connectivity index (χ3v) is 4.43. The van der Waals surface area contributed by atoms with Crippen LogP contribution in [0, 0.1) is 5.82 Å². The minimum Gasteiger partial charge on any atom is -0.317 e. The van der Waals surface area contributed by atoms with Gasteiger partial charge in [0, 0.05) is 15.6 Å². The standard InChI is InChI=1S/C17H12BrFN4O/c18-10-5-6-14-12(7-10)17(11-3-1-2-4-13(11)19)20-8-15-21-22-16(24)9-23(14)15/h1-7H,8-9H2,(H,22,24). The van der Waals surface area contributed by atoms with Gasteiger partial charge in [-0.1, -0.05) is 28.1 Å². The van der Waals surface area contributed by atoms with Crippen molar-refractivity contribution in [3.63, 3.8) is 0 Å². The monoisotopic (exact) mass is 386 g/mol. The Bertz CT molecular complexity index is 909. The van der Waals surface area contributed by atoms with Gasteiger partial charge >= 0.3 is 0 Å². The average Bonchev–Trinajstić information content (AvgIpc) is 2.72. The molecular formula is C17H12BrFN4O. The van der Waals surface area contributed by atoms with Crippen molar-refractivity contribution in [1.29, 1.82) is 0 Å². The van der Waals surface area contributed by atoms with Crippen molar-refractivity contribution in [2.75, 3.05) is 18.0 Å². The minimum atomic E-state index is -0.335. The lowest BCUT2D eigenvalue weighted by atomic mass is 9.99. The molecule has 0 saturated carbocycles. The number of nitrogens with one attached hydrogen (secondary N) is 1. The van der Waals surface area contributed by atoms with Crippen molar-refractivity contribution >= 4 is 39.1 Å². The van der Waals surface area contributed by atoms with Gasteiger partial charge in [-0.15, -0.1) is 0 Å². The molecule has 0 radical (unpaired) electrons. The fourth-order valence-electron chi connectivity index (χ4n) is 2.85. The first-order valence-electron chi connectivity index (χ1n) is 7.36. The van der Waals surface area contributed by atoms with Gasteiger partial charge in [0.05, 0.1) is 17.9 Å². The lowest BCUT2D eigenvalue weighted by Gasteiger charge is -2.28. The van der Waals surface area contributed by atoms with Crippen LogP contribution in [0.15, 0.2) is 57.0 Å². The van der Waals surface area contributed by atoms with Crippen molar-refractivity contribution in [3.05, 3.63) is 63.9 Å². The van der Waals surface area contributed by atoms with Gasteiger partial charge in [-0.2, -0.15) is 5.10 Å². The predicted octanol–water partition coefficient (Wildman–Crippen LogP) is 2.69. The van der Waals surface area contributed by atoms with Crippen LogP contribution in [0.4, 0.5) is 10.1 Å². The van der Waals surface area contributed by atoms with E-state index in [0.717, 1.165) is 15.7 Å². The maximum atomic E-state index is 14.3. The van der Waals surface area contributed by atoms with Gasteiger partial charge in [0.2, 0.25) is 0 Å². The average molecular weight is 387 g/mol. The fourth-order valence-corrected chi connectivity index (χ4v) is 3.22. The SMILES string of the molecule is O=C1CN2C(=NN1)CN=C(c1ccccc1F)c1cc(Br)ccc12. The number of benzene rings is 2. The third kappa shape index (κ3) is 2.50. The third-order valence-electron chi connectivity index (χ3n) is 3.94. The highest BCUT2D eigenvalue weighted by Crippen LogP contribution is 2.31. The molecule has 0 unspecified atom stereocenters. The van der Waals surface area contributed by atoms with Crippen LogP contribution in [0.3, 0.4) is 0 Å². The highest BCUT2D eigenvalue weighted by molar-refractivity contribution is 9.10. The van der Waals surface area contributed by atoms with Gasteiger partial charge in [-0.3, -0.25) is 9.79 Å². The number of rotatable bonds is 1. The quantitative estimate of drug-likeness (QED) is 0.818. The van der Waals surface area contributed by atoms with Crippen LogP contribution in [0.2, 0.25) is 0 Å². The maximum absolute atomic E-state index is 14.3. The van der Waals surface area contributed by atoms with Gasteiger partial charge < -0.3 is 4.90 Å². The minimum absolute atomic E-state index is 0.160. The molecule has 0 spiro atoms. The number of amides is 1. The van der Waals surface area contributed by atoms with E-state index < -0.39 is 0 Å². The number of halogens is 2. The van der Waals surface area contributed by atoms with E-state index in [1.807, 2.05) is 23.1 Å². The normalized spacial score (nSPS) is 16.4. The summed E-state index contributed by atoms with van der Waals surface area (Å²) >= 11 is 3.46. The Morgan fingerprint density at radius 3 is 2.83 bits per heavy atom. The summed E-state index contributed by atoms with van der Waals surface area (Å²) in [5.41, 5.74) is 4.99. The zero-order chi connectivity index (χ0) is 16.7. The van der Waals surface area contributed by atoms with Crippen molar-refractivity contribution in [2.24, 2.45) is 10.1 Å². The molecule has 5 nitrogen and oxygen atoms in total. The zero-order valence-electron chi connectivity index (χ0n) is 12.5. The summed E-state index contributed by atoms with van der Waals surface area (Å²) in [7, 11) is 0. The molecule has 2 aliphatic rings. The van der Waals surface area contributed by atoms with Crippen LogP contribution in [-0.4, -0.2) is 30.5 Å². The summed E-state index contributed by atoms with van der Waals surface area (Å²) in [5.74, 6) is 0.102. The summed E-state index contributed by atoms with van der Waals surface area (Å²) < 4.78 is 15.2. The van der Waals surface area contributed by atoms with E-state index in [1.54, 1.807) is 18.2 Å². The Kier molecular flexibility index (Phi) is 3.65. The van der Waals surface area contributed by atoms with Gasteiger partial charge in [-0.25, -0.2) is 9.82 Å². The van der Waals surface area contributed by atoms with Gasteiger partial charge in [0.1, 0.15) is 12.4 Å². The molecule has 2 aromatic carbocycles. The molecule has 0 aromatic heterocycles. The molecule has 0 bridgehead atoms. The van der Waals surface area contributed by atoms with E-state index in [9.17, 15) is 9.18 Å². The largest absolute Gasteiger partial charge is 0.317 e. The Hall–Kier alpha value is -2.54. The van der Waals surface area contributed by atoms with Gasteiger partial charge in [0.15, 0.2) is 5.84 Å². The number of hydrogen-bond acceptors (Lipinski definition) is 4. The number of anilines is 1. The molecule has 1 amide bonds. The van der Waals surface area contributed by atoms with Crippen LogP contribution in [0.25, 0.3) is 0 Å². The zero-order valence-corrected chi connectivity index (χ0v) is 14.0. The van der Waals surface area contributed by atoms with E-state index in [1.165, 1.54) is 6.07 Å². The van der Waals surface area contributed by atoms with E-state index in [4.69, 9.17) is 0 Å². The van der Waals surface area contributed by atoms with Crippen molar-refractivity contribution in [1.82, 2.24) is 5.43 Å². The first-order valence-corrected chi connectivity index (χ1v) is 8.15. The van der Waals surface area contributed by atoms with E-state index in [-0.39, 0.29) is 24.8 Å². The lowest BCUT2D eigenvalue weighted by Crippen LogP contribution is -2.46. The molecule has 2 aromatic rings. The molecule has 0 fully saturated rings. The molecule has 2 aliphatic heterocycles. The molecule has 1 N–H and O–H groups in total. The topological polar surface area (TPSA) is 57.1 Å². The predicted molar refractivity (Wildman–Crippen MR) is 94.0 cm³/mol. The van der Waals surface area contributed by atoms with Crippen LogP contribution in [0.5, 0.6) is 0 Å². The number of carbonyl (C=O) groups is 1. The van der Waals surface area contributed by atoms with Crippen molar-refractivity contribution < 1.29 is 9.18 Å². The Morgan fingerprint density at radius 1 is 1.17 bits per heavy atom. The first kappa shape index (κ1) is 15.0. The first-order chi connectivity index (χ1) is 11.6. The molecule has 0 saturated heterocycles. The van der Waals surface area contributed by atoms with Gasteiger partial charge in [-0.05, 0) is 30.3 Å². The van der Waals surface area contributed by atoms with Crippen LogP contribution < -0.4 is 10.3 Å². The molecule has 7 heteroatoms. The summed E-state index contributed by atoms with van der Waals surface area (Å²) in [4.78, 5) is 18.1. The molecule has 0 aliphatic carbocycles. The second-order valence-corrected chi connectivity index (χ2v) is 6.37. The number of amidine groups is 1. The molecule has 2 heterocycles. The highest BCUT2D eigenvalue weighted by atomic mass is 79.9. The lowest BCUT2D eigenvalue weighted by molar-refractivity contribution is -0.119. The summed E-state index contributed by atoms with van der Waals surface area (Å²) in [6, 6.07) is 12.2. The fraction of sp³-hybridized carbons (Fsp3) is 0.118. The Labute approximate surface area is 146 Å². The smallest absolute Gasteiger partial charge is 0.260 e. The Morgan fingerprint density at radius 2 is 2.00 bits per heavy atom. The maximum Gasteiger partial charge on any atom is 0.260 e. The summed E-state index contributed by atoms with van der Waals surface area (Å²) in [6.07, 6.45) is 0. The molecule has 120 valence electrons. The Balaban J connectivity index is 1.95. The van der Waals surface area contributed by atoms with Crippen LogP contribution >= 0.6 is 15.9 Å². The van der Waals surface area contributed by atoms with E-state index in [0.29, 0.717) is 17.1 Å². The van der Waals surface area contributed by atoms with Crippen molar-refractivity contribution in [3.8, 4) is 0 Å². The summed E-state index contributed by atoms with van der Waals surface area (Å²) in [5, 5.41) is 4.09. The number of carbonyl (C=O) groups excluding carboxylic acids is 1. The molecule has 24 heavy (non-hydrogen) atoms. The number of nitrogens with zero attached hydrogens (tertiary/aromatic N) is 3. The number of hydrogen-bond donors (Lipinski definition) is 1. The highest BCUT2D eigenvalue weighted by Gasteiger charge is 2.29. The second-order valence-electron chi connectivity index (χ2n) is 5.46. The van der Waals surface area contributed by atoms with Crippen LogP contribution in [-0.2, 0) is 4.79 Å². The second kappa shape index (κ2) is 5.83. The molecule has 0 atom stereocenters. The van der Waals surface area contributed by atoms with Gasteiger partial charge in [0.25, 0.3) is 5.91 Å². The van der Waals surface area contributed by atoms with Crippen molar-refractivity contribution in [2.45, 2.75) is 0 Å². The number of hydrazone groups is 1. The molecule has 4 rings (SSSR count). The van der Waals surface area contributed by atoms with E-state index in [2.05, 4.69) is 31.4 Å².